The van der Waals surface area contributed by atoms with Gasteiger partial charge in [0.05, 0.1) is 14.2 Å². The Kier molecular flexibility index (Phi) is 7.51. The molecule has 0 aromatic heterocycles. The molecule has 1 aromatic rings. The van der Waals surface area contributed by atoms with Gasteiger partial charge in [-0.25, -0.2) is 0 Å². The number of amides is 2. The number of methoxy groups -OCH3 is 2. The fourth-order valence-corrected chi connectivity index (χ4v) is 3.39. The number of ether oxygens (including phenoxy) is 2. The third-order valence-corrected chi connectivity index (χ3v) is 5.21. The van der Waals surface area contributed by atoms with E-state index in [4.69, 9.17) is 9.47 Å². The fraction of sp³-hybridized carbons (Fsp3) is 0.619. The lowest BCUT2D eigenvalue weighted by molar-refractivity contribution is -0.124. The van der Waals surface area contributed by atoms with E-state index in [1.54, 1.807) is 18.2 Å². The molecular weight excluding hydrogens is 344 g/mol. The average Bonchev–Trinajstić information content (AvgIpc) is 2.66. The first-order valence-electron chi connectivity index (χ1n) is 9.68. The molecule has 1 atom stereocenters. The maximum atomic E-state index is 12.8. The van der Waals surface area contributed by atoms with Gasteiger partial charge in [-0.05, 0) is 49.7 Å². The summed E-state index contributed by atoms with van der Waals surface area (Å²) >= 11 is 0. The molecule has 1 saturated carbocycles. The summed E-state index contributed by atoms with van der Waals surface area (Å²) in [6.45, 7) is 6.11. The summed E-state index contributed by atoms with van der Waals surface area (Å²) in [6.07, 6.45) is 4.26. The number of carbonyl (C=O) groups excluding carboxylic acids is 2. The van der Waals surface area contributed by atoms with E-state index >= 15 is 0 Å². The Morgan fingerprint density at radius 2 is 1.56 bits per heavy atom. The predicted octanol–water partition coefficient (Wildman–Crippen LogP) is 3.15. The van der Waals surface area contributed by atoms with Crippen molar-refractivity contribution in [1.82, 2.24) is 10.6 Å². The smallest absolute Gasteiger partial charge is 0.252 e. The van der Waals surface area contributed by atoms with Crippen molar-refractivity contribution in [2.24, 2.45) is 11.8 Å². The lowest BCUT2D eigenvalue weighted by Crippen LogP contribution is -2.52. The van der Waals surface area contributed by atoms with E-state index in [0.717, 1.165) is 31.6 Å². The monoisotopic (exact) mass is 376 g/mol. The van der Waals surface area contributed by atoms with Crippen LogP contribution in [0.1, 0.15) is 56.8 Å². The number of carbonyl (C=O) groups is 2. The normalized spacial score (nSPS) is 20.7. The molecule has 0 radical (unpaired) electrons. The second-order valence-electron chi connectivity index (χ2n) is 7.76. The molecular formula is C21H32N2O4. The molecule has 1 fully saturated rings. The molecule has 150 valence electrons. The Morgan fingerprint density at radius 3 is 2.04 bits per heavy atom. The maximum Gasteiger partial charge on any atom is 0.252 e. The van der Waals surface area contributed by atoms with Crippen molar-refractivity contribution in [3.05, 3.63) is 23.8 Å². The van der Waals surface area contributed by atoms with E-state index in [-0.39, 0.29) is 23.8 Å². The molecule has 27 heavy (non-hydrogen) atoms. The summed E-state index contributed by atoms with van der Waals surface area (Å²) in [5.74, 6) is 1.32. The van der Waals surface area contributed by atoms with Crippen LogP contribution >= 0.6 is 0 Å². The molecule has 2 rings (SSSR count). The molecule has 1 aliphatic rings. The summed E-state index contributed by atoms with van der Waals surface area (Å²) < 4.78 is 10.4. The lowest BCUT2D eigenvalue weighted by Gasteiger charge is -2.29. The van der Waals surface area contributed by atoms with Crippen LogP contribution < -0.4 is 20.1 Å². The highest BCUT2D eigenvalue weighted by molar-refractivity contribution is 5.98. The van der Waals surface area contributed by atoms with Crippen molar-refractivity contribution in [2.45, 2.75) is 58.5 Å². The SMILES string of the molecule is COc1cc(OC)cc(C(=O)N[C@H](C(=O)NC2CCC(C)CC2)C(C)C)c1. The summed E-state index contributed by atoms with van der Waals surface area (Å²) in [6, 6.07) is 4.58. The molecule has 0 heterocycles. The van der Waals surface area contributed by atoms with Crippen LogP contribution in [0.2, 0.25) is 0 Å². The molecule has 6 nitrogen and oxygen atoms in total. The standard InChI is InChI=1S/C21H32N2O4/c1-13(2)19(21(25)22-16-8-6-14(3)7-9-16)23-20(24)15-10-17(26-4)12-18(11-15)27-5/h10-14,16,19H,6-9H2,1-5H3,(H,22,25)(H,23,24)/t14?,16?,19-/m0/s1. The van der Waals surface area contributed by atoms with Crippen molar-refractivity contribution >= 4 is 11.8 Å². The third kappa shape index (κ3) is 5.88. The first kappa shape index (κ1) is 21.1. The fourth-order valence-electron chi connectivity index (χ4n) is 3.39. The summed E-state index contributed by atoms with van der Waals surface area (Å²) in [5, 5.41) is 5.99. The zero-order chi connectivity index (χ0) is 20.0. The van der Waals surface area contributed by atoms with Gasteiger partial charge >= 0.3 is 0 Å². The highest BCUT2D eigenvalue weighted by atomic mass is 16.5. The van der Waals surface area contributed by atoms with E-state index in [1.807, 2.05) is 13.8 Å². The van der Waals surface area contributed by atoms with Gasteiger partial charge in [0.1, 0.15) is 17.5 Å². The van der Waals surface area contributed by atoms with Gasteiger partial charge < -0.3 is 20.1 Å². The minimum Gasteiger partial charge on any atom is -0.497 e. The van der Waals surface area contributed by atoms with Gasteiger partial charge in [-0.2, -0.15) is 0 Å². The number of benzene rings is 1. The van der Waals surface area contributed by atoms with E-state index in [9.17, 15) is 9.59 Å². The highest BCUT2D eigenvalue weighted by Gasteiger charge is 2.28. The Bertz CT molecular complexity index is 629. The van der Waals surface area contributed by atoms with Crippen LogP contribution in [0.5, 0.6) is 11.5 Å². The van der Waals surface area contributed by atoms with E-state index < -0.39 is 6.04 Å². The molecule has 0 saturated heterocycles. The van der Waals surface area contributed by atoms with Crippen LogP contribution in [0.3, 0.4) is 0 Å². The second-order valence-corrected chi connectivity index (χ2v) is 7.76. The van der Waals surface area contributed by atoms with Crippen LogP contribution in [0.4, 0.5) is 0 Å². The van der Waals surface area contributed by atoms with E-state index in [0.29, 0.717) is 17.1 Å². The van der Waals surface area contributed by atoms with Gasteiger partial charge in [0.2, 0.25) is 5.91 Å². The molecule has 1 aliphatic carbocycles. The van der Waals surface area contributed by atoms with Gasteiger partial charge in [-0.15, -0.1) is 0 Å². The zero-order valence-electron chi connectivity index (χ0n) is 17.0. The van der Waals surface area contributed by atoms with Crippen molar-refractivity contribution in [3.8, 4) is 11.5 Å². The molecule has 2 amide bonds. The second kappa shape index (κ2) is 9.62. The molecule has 0 spiro atoms. The Labute approximate surface area is 162 Å². The van der Waals surface area contributed by atoms with Gasteiger partial charge in [-0.1, -0.05) is 20.8 Å². The van der Waals surface area contributed by atoms with Crippen molar-refractivity contribution in [3.63, 3.8) is 0 Å². The summed E-state index contributed by atoms with van der Waals surface area (Å²) in [7, 11) is 3.07. The lowest BCUT2D eigenvalue weighted by atomic mass is 9.87. The van der Waals surface area contributed by atoms with Gasteiger partial charge in [0.15, 0.2) is 0 Å². The average molecular weight is 376 g/mol. The Morgan fingerprint density at radius 1 is 1.00 bits per heavy atom. The highest BCUT2D eigenvalue weighted by Crippen LogP contribution is 2.24. The minimum absolute atomic E-state index is 0.0241. The Hall–Kier alpha value is -2.24. The van der Waals surface area contributed by atoms with Crippen LogP contribution in [0.15, 0.2) is 18.2 Å². The largest absolute Gasteiger partial charge is 0.497 e. The molecule has 0 unspecified atom stereocenters. The topological polar surface area (TPSA) is 76.7 Å². The van der Waals surface area contributed by atoms with E-state index in [2.05, 4.69) is 17.6 Å². The minimum atomic E-state index is -0.589. The number of hydrogen-bond acceptors (Lipinski definition) is 4. The molecule has 0 bridgehead atoms. The van der Waals surface area contributed by atoms with Crippen molar-refractivity contribution in [2.75, 3.05) is 14.2 Å². The molecule has 2 N–H and O–H groups in total. The quantitative estimate of drug-likeness (QED) is 0.766. The van der Waals surface area contributed by atoms with Crippen LogP contribution in [0.25, 0.3) is 0 Å². The van der Waals surface area contributed by atoms with Gasteiger partial charge in [0.25, 0.3) is 5.91 Å². The summed E-state index contributed by atoms with van der Waals surface area (Å²) in [4.78, 5) is 25.5. The van der Waals surface area contributed by atoms with Crippen LogP contribution in [-0.4, -0.2) is 38.1 Å². The number of hydrogen-bond donors (Lipinski definition) is 2. The van der Waals surface area contributed by atoms with Crippen molar-refractivity contribution < 1.29 is 19.1 Å². The molecule has 6 heteroatoms. The van der Waals surface area contributed by atoms with Crippen LogP contribution in [0, 0.1) is 11.8 Å². The number of rotatable bonds is 7. The Balaban J connectivity index is 2.06. The van der Waals surface area contributed by atoms with Crippen LogP contribution in [-0.2, 0) is 4.79 Å². The van der Waals surface area contributed by atoms with Gasteiger partial charge in [-0.3, -0.25) is 9.59 Å². The molecule has 1 aromatic carbocycles. The summed E-state index contributed by atoms with van der Waals surface area (Å²) in [5.41, 5.74) is 0.399. The van der Waals surface area contributed by atoms with Crippen molar-refractivity contribution in [1.29, 1.82) is 0 Å². The zero-order valence-corrected chi connectivity index (χ0v) is 17.0. The maximum absolute atomic E-state index is 12.8. The third-order valence-electron chi connectivity index (χ3n) is 5.21. The number of nitrogens with one attached hydrogen (secondary N) is 2. The van der Waals surface area contributed by atoms with Gasteiger partial charge in [0, 0.05) is 17.7 Å². The predicted molar refractivity (Wildman–Crippen MR) is 105 cm³/mol. The first-order valence-corrected chi connectivity index (χ1v) is 9.68. The molecule has 0 aliphatic heterocycles. The van der Waals surface area contributed by atoms with E-state index in [1.165, 1.54) is 14.2 Å². The first-order chi connectivity index (χ1) is 12.8.